The van der Waals surface area contributed by atoms with E-state index in [9.17, 15) is 4.39 Å². The quantitative estimate of drug-likeness (QED) is 0.739. The highest BCUT2D eigenvalue weighted by Crippen LogP contribution is 2.15. The van der Waals surface area contributed by atoms with Gasteiger partial charge < -0.3 is 5.32 Å². The molecule has 0 spiro atoms. The Hall–Kier alpha value is -0.600. The van der Waals surface area contributed by atoms with Crippen LogP contribution in [0.1, 0.15) is 12.5 Å². The van der Waals surface area contributed by atoms with Crippen molar-refractivity contribution in [2.24, 2.45) is 0 Å². The molecule has 0 aliphatic carbocycles. The minimum absolute atomic E-state index is 0.187. The van der Waals surface area contributed by atoms with Crippen molar-refractivity contribution >= 4 is 11.6 Å². The van der Waals surface area contributed by atoms with Crippen LogP contribution in [0.2, 0.25) is 5.02 Å². The summed E-state index contributed by atoms with van der Waals surface area (Å²) in [7, 11) is 0. The van der Waals surface area contributed by atoms with Crippen LogP contribution in [0.25, 0.3) is 0 Å². The first-order valence-corrected chi connectivity index (χ1v) is 4.76. The standard InChI is InChI=1S/C10H13ClFN/c1-2-13-6-5-8-3-4-9(11)10(12)7-8/h3-4,7,13H,2,5-6H2,1H3. The van der Waals surface area contributed by atoms with Crippen molar-refractivity contribution in [1.82, 2.24) is 5.32 Å². The first kappa shape index (κ1) is 10.5. The lowest BCUT2D eigenvalue weighted by atomic mass is 10.1. The Morgan fingerprint density at radius 1 is 1.46 bits per heavy atom. The van der Waals surface area contributed by atoms with Gasteiger partial charge in [-0.3, -0.25) is 0 Å². The number of rotatable bonds is 4. The first-order chi connectivity index (χ1) is 6.24. The summed E-state index contributed by atoms with van der Waals surface area (Å²) in [5, 5.41) is 3.36. The van der Waals surface area contributed by atoms with Crippen molar-refractivity contribution in [3.05, 3.63) is 34.6 Å². The fourth-order valence-corrected chi connectivity index (χ4v) is 1.22. The molecule has 0 aliphatic rings. The molecular formula is C10H13ClFN. The molecule has 0 unspecified atom stereocenters. The Morgan fingerprint density at radius 3 is 2.85 bits per heavy atom. The lowest BCUT2D eigenvalue weighted by molar-refractivity contribution is 0.624. The highest BCUT2D eigenvalue weighted by molar-refractivity contribution is 6.30. The summed E-state index contributed by atoms with van der Waals surface area (Å²) in [6.07, 6.45) is 0.835. The molecule has 1 aromatic carbocycles. The van der Waals surface area contributed by atoms with Gasteiger partial charge in [0, 0.05) is 0 Å². The Kier molecular flexibility index (Phi) is 4.19. The van der Waals surface area contributed by atoms with E-state index in [4.69, 9.17) is 11.6 Å². The second kappa shape index (κ2) is 5.20. The molecule has 0 heterocycles. The summed E-state index contributed by atoms with van der Waals surface area (Å²) in [6.45, 7) is 3.86. The monoisotopic (exact) mass is 201 g/mol. The van der Waals surface area contributed by atoms with Gasteiger partial charge in [-0.2, -0.15) is 0 Å². The van der Waals surface area contributed by atoms with E-state index in [0.717, 1.165) is 25.1 Å². The molecule has 0 saturated heterocycles. The smallest absolute Gasteiger partial charge is 0.142 e. The van der Waals surface area contributed by atoms with E-state index in [2.05, 4.69) is 5.32 Å². The van der Waals surface area contributed by atoms with Crippen LogP contribution in [0, 0.1) is 5.82 Å². The van der Waals surface area contributed by atoms with Crippen molar-refractivity contribution in [2.45, 2.75) is 13.3 Å². The van der Waals surface area contributed by atoms with Gasteiger partial charge in [-0.1, -0.05) is 24.6 Å². The number of hydrogen-bond acceptors (Lipinski definition) is 1. The summed E-state index contributed by atoms with van der Waals surface area (Å²) in [6, 6.07) is 4.93. The van der Waals surface area contributed by atoms with Gasteiger partial charge >= 0.3 is 0 Å². The van der Waals surface area contributed by atoms with Crippen molar-refractivity contribution < 1.29 is 4.39 Å². The van der Waals surface area contributed by atoms with Crippen LogP contribution in [0.3, 0.4) is 0 Å². The van der Waals surface area contributed by atoms with Crippen LogP contribution in [-0.4, -0.2) is 13.1 Å². The Balaban J connectivity index is 2.53. The van der Waals surface area contributed by atoms with Gasteiger partial charge in [0.25, 0.3) is 0 Å². The second-order valence-corrected chi connectivity index (χ2v) is 3.26. The molecule has 0 saturated carbocycles. The molecule has 3 heteroatoms. The third kappa shape index (κ3) is 3.33. The number of halogens is 2. The van der Waals surface area contributed by atoms with Crippen LogP contribution >= 0.6 is 11.6 Å². The molecular weight excluding hydrogens is 189 g/mol. The normalized spacial score (nSPS) is 10.4. The zero-order valence-electron chi connectivity index (χ0n) is 7.61. The topological polar surface area (TPSA) is 12.0 Å². The minimum Gasteiger partial charge on any atom is -0.317 e. The molecule has 0 radical (unpaired) electrons. The van der Waals surface area contributed by atoms with Gasteiger partial charge in [-0.15, -0.1) is 0 Å². The van der Waals surface area contributed by atoms with Gasteiger partial charge in [0.05, 0.1) is 5.02 Å². The first-order valence-electron chi connectivity index (χ1n) is 4.38. The summed E-state index contributed by atoms with van der Waals surface area (Å²) in [5.41, 5.74) is 0.975. The van der Waals surface area contributed by atoms with E-state index in [0.29, 0.717) is 0 Å². The van der Waals surface area contributed by atoms with E-state index in [1.807, 2.05) is 13.0 Å². The lowest BCUT2D eigenvalue weighted by Gasteiger charge is -2.02. The molecule has 13 heavy (non-hydrogen) atoms. The Labute approximate surface area is 82.9 Å². The SMILES string of the molecule is CCNCCc1ccc(Cl)c(F)c1. The van der Waals surface area contributed by atoms with E-state index >= 15 is 0 Å². The van der Waals surface area contributed by atoms with Gasteiger partial charge in [0.1, 0.15) is 5.82 Å². The second-order valence-electron chi connectivity index (χ2n) is 2.85. The number of benzene rings is 1. The maximum Gasteiger partial charge on any atom is 0.142 e. The highest BCUT2D eigenvalue weighted by atomic mass is 35.5. The summed E-state index contributed by atoms with van der Waals surface area (Å²) in [5.74, 6) is -0.337. The maximum absolute atomic E-state index is 12.9. The van der Waals surface area contributed by atoms with Crippen LogP contribution in [-0.2, 0) is 6.42 Å². The molecule has 72 valence electrons. The van der Waals surface area contributed by atoms with Gasteiger partial charge in [-0.25, -0.2) is 4.39 Å². The lowest BCUT2D eigenvalue weighted by Crippen LogP contribution is -2.16. The van der Waals surface area contributed by atoms with Crippen molar-refractivity contribution in [2.75, 3.05) is 13.1 Å². The van der Waals surface area contributed by atoms with Crippen LogP contribution < -0.4 is 5.32 Å². The molecule has 1 nitrogen and oxygen atoms in total. The molecule has 0 aliphatic heterocycles. The van der Waals surface area contributed by atoms with E-state index in [1.54, 1.807) is 6.07 Å². The van der Waals surface area contributed by atoms with Crippen molar-refractivity contribution in [3.8, 4) is 0 Å². The predicted molar refractivity (Wildman–Crippen MR) is 53.7 cm³/mol. The molecule has 0 atom stereocenters. The number of hydrogen-bond donors (Lipinski definition) is 1. The van der Waals surface area contributed by atoms with Gasteiger partial charge in [0.2, 0.25) is 0 Å². The molecule has 1 aromatic rings. The third-order valence-electron chi connectivity index (χ3n) is 1.82. The van der Waals surface area contributed by atoms with E-state index < -0.39 is 0 Å². The third-order valence-corrected chi connectivity index (χ3v) is 2.13. The molecule has 0 amide bonds. The van der Waals surface area contributed by atoms with E-state index in [1.165, 1.54) is 6.07 Å². The maximum atomic E-state index is 12.9. The summed E-state index contributed by atoms with van der Waals surface area (Å²) >= 11 is 5.55. The van der Waals surface area contributed by atoms with Crippen LogP contribution in [0.5, 0.6) is 0 Å². The van der Waals surface area contributed by atoms with Crippen LogP contribution in [0.4, 0.5) is 4.39 Å². The van der Waals surface area contributed by atoms with Gasteiger partial charge in [0.15, 0.2) is 0 Å². The fraction of sp³-hybridized carbons (Fsp3) is 0.400. The molecule has 1 rings (SSSR count). The highest BCUT2D eigenvalue weighted by Gasteiger charge is 1.99. The van der Waals surface area contributed by atoms with Crippen LogP contribution in [0.15, 0.2) is 18.2 Å². The largest absolute Gasteiger partial charge is 0.317 e. The Bertz CT molecular complexity index is 276. The molecule has 1 N–H and O–H groups in total. The molecule has 0 bridgehead atoms. The zero-order valence-corrected chi connectivity index (χ0v) is 8.37. The fourth-order valence-electron chi connectivity index (χ4n) is 1.10. The Morgan fingerprint density at radius 2 is 2.23 bits per heavy atom. The average Bonchev–Trinajstić information content (AvgIpc) is 2.12. The van der Waals surface area contributed by atoms with Crippen molar-refractivity contribution in [1.29, 1.82) is 0 Å². The number of likely N-dealkylation sites (N-methyl/N-ethyl adjacent to an activating group) is 1. The van der Waals surface area contributed by atoms with Gasteiger partial charge in [-0.05, 0) is 37.2 Å². The summed E-state index contributed by atoms with van der Waals surface area (Å²) in [4.78, 5) is 0. The average molecular weight is 202 g/mol. The minimum atomic E-state index is -0.337. The van der Waals surface area contributed by atoms with E-state index in [-0.39, 0.29) is 10.8 Å². The predicted octanol–water partition coefficient (Wildman–Crippen LogP) is 2.63. The summed E-state index contributed by atoms with van der Waals surface area (Å²) < 4.78 is 12.9. The molecule has 0 aromatic heterocycles. The zero-order chi connectivity index (χ0) is 9.68. The molecule has 0 fully saturated rings. The van der Waals surface area contributed by atoms with Crippen molar-refractivity contribution in [3.63, 3.8) is 0 Å². The number of nitrogens with one attached hydrogen (secondary N) is 1.